The van der Waals surface area contributed by atoms with Crippen molar-refractivity contribution >= 4 is 56.2 Å². The van der Waals surface area contributed by atoms with Gasteiger partial charge in [0.05, 0.1) is 11.1 Å². The number of amides is 1. The molecule has 1 aromatic carbocycles. The van der Waals surface area contributed by atoms with Crippen LogP contribution in [0.15, 0.2) is 51.5 Å². The second-order valence-corrected chi connectivity index (χ2v) is 9.44. The minimum atomic E-state index is -0.0940. The third kappa shape index (κ3) is 4.04. The average Bonchev–Trinajstić information content (AvgIpc) is 3.27. The molecular weight excluding hydrogens is 410 g/mol. The van der Waals surface area contributed by atoms with Gasteiger partial charge in [-0.05, 0) is 43.3 Å². The van der Waals surface area contributed by atoms with Crippen LogP contribution in [0.1, 0.15) is 17.6 Å². The summed E-state index contributed by atoms with van der Waals surface area (Å²) in [4.78, 5) is 35.5. The number of carbonyl (C=O) groups excluding carboxylic acids is 1. The molecule has 28 heavy (non-hydrogen) atoms. The Morgan fingerprint density at radius 2 is 2.00 bits per heavy atom. The van der Waals surface area contributed by atoms with E-state index >= 15 is 0 Å². The van der Waals surface area contributed by atoms with E-state index in [1.165, 1.54) is 23.1 Å². The Morgan fingerprint density at radius 1 is 1.21 bits per heavy atom. The van der Waals surface area contributed by atoms with Gasteiger partial charge in [0.25, 0.3) is 5.56 Å². The smallest absolute Gasteiger partial charge is 0.260 e. The molecule has 0 atom stereocenters. The lowest BCUT2D eigenvalue weighted by Crippen LogP contribution is -2.10. The van der Waals surface area contributed by atoms with E-state index in [0.29, 0.717) is 17.0 Å². The number of fused-ring (bicyclic) bond motifs is 1. The average molecular weight is 428 g/mol. The summed E-state index contributed by atoms with van der Waals surface area (Å²) in [6, 6.07) is 11.7. The zero-order chi connectivity index (χ0) is 19.7. The first-order chi connectivity index (χ1) is 13.5. The molecule has 142 valence electrons. The van der Waals surface area contributed by atoms with Gasteiger partial charge in [0.1, 0.15) is 10.7 Å². The Bertz CT molecular complexity index is 1210. The van der Waals surface area contributed by atoms with Crippen LogP contribution < -0.4 is 10.9 Å². The van der Waals surface area contributed by atoms with Gasteiger partial charge < -0.3 is 10.3 Å². The predicted molar refractivity (Wildman–Crippen MR) is 119 cm³/mol. The third-order valence-electron chi connectivity index (χ3n) is 4.05. The Balaban J connectivity index is 1.54. The van der Waals surface area contributed by atoms with E-state index < -0.39 is 0 Å². The number of nitrogens with zero attached hydrogens (tertiary/aromatic N) is 1. The summed E-state index contributed by atoms with van der Waals surface area (Å²) in [6.45, 7) is 3.54. The molecule has 3 aromatic heterocycles. The van der Waals surface area contributed by atoms with Crippen molar-refractivity contribution in [2.45, 2.75) is 24.5 Å². The van der Waals surface area contributed by atoms with Crippen molar-refractivity contribution in [2.75, 3.05) is 5.32 Å². The maximum atomic E-state index is 12.7. The van der Waals surface area contributed by atoms with Crippen molar-refractivity contribution in [2.24, 2.45) is 0 Å². The van der Waals surface area contributed by atoms with E-state index in [1.54, 1.807) is 23.1 Å². The van der Waals surface area contributed by atoms with Crippen LogP contribution in [0, 0.1) is 6.92 Å². The fraction of sp³-hybridized carbons (Fsp3) is 0.150. The van der Waals surface area contributed by atoms with Crippen LogP contribution >= 0.6 is 34.4 Å². The first-order valence-corrected chi connectivity index (χ1v) is 11.3. The number of hydrogen-bond donors (Lipinski definition) is 2. The van der Waals surface area contributed by atoms with Gasteiger partial charge in [-0.3, -0.25) is 9.59 Å². The largest absolute Gasteiger partial charge is 0.326 e. The highest BCUT2D eigenvalue weighted by Gasteiger charge is 2.14. The van der Waals surface area contributed by atoms with Crippen LogP contribution in [-0.2, 0) is 10.5 Å². The summed E-state index contributed by atoms with van der Waals surface area (Å²) in [5.41, 5.74) is 1.63. The molecule has 0 aliphatic carbocycles. The molecule has 4 rings (SSSR count). The van der Waals surface area contributed by atoms with E-state index in [4.69, 9.17) is 0 Å². The molecule has 0 radical (unpaired) electrons. The number of hydrogen-bond acceptors (Lipinski definition) is 6. The van der Waals surface area contributed by atoms with Crippen LogP contribution in [-0.4, -0.2) is 15.9 Å². The third-order valence-corrected chi connectivity index (χ3v) is 6.98. The van der Waals surface area contributed by atoms with Crippen molar-refractivity contribution in [3.8, 4) is 10.4 Å². The van der Waals surface area contributed by atoms with Crippen LogP contribution in [0.3, 0.4) is 0 Å². The second-order valence-electron chi connectivity index (χ2n) is 6.25. The standard InChI is InChI=1S/C20H17N3O2S3/c1-11-3-8-16(28-11)15-9-27-20-18(15)19(25)22-17(23-20)10-26-14-6-4-13(5-7-14)21-12(2)24/h3-9H,10H2,1-2H3,(H,21,24)(H,22,23,25). The second kappa shape index (κ2) is 7.90. The van der Waals surface area contributed by atoms with Crippen molar-refractivity contribution in [1.82, 2.24) is 9.97 Å². The molecule has 0 aliphatic heterocycles. The zero-order valence-corrected chi connectivity index (χ0v) is 17.7. The molecule has 4 aromatic rings. The molecule has 0 fully saturated rings. The molecule has 1 amide bonds. The number of thiophene rings is 2. The maximum Gasteiger partial charge on any atom is 0.260 e. The van der Waals surface area contributed by atoms with Gasteiger partial charge in [-0.25, -0.2) is 4.98 Å². The molecule has 0 saturated carbocycles. The summed E-state index contributed by atoms with van der Waals surface area (Å²) < 4.78 is 0. The van der Waals surface area contributed by atoms with Crippen LogP contribution in [0.2, 0.25) is 0 Å². The van der Waals surface area contributed by atoms with Crippen LogP contribution in [0.4, 0.5) is 5.69 Å². The number of anilines is 1. The molecule has 0 unspecified atom stereocenters. The summed E-state index contributed by atoms with van der Waals surface area (Å²) in [7, 11) is 0. The minimum absolute atomic E-state index is 0.0936. The fourth-order valence-electron chi connectivity index (χ4n) is 2.81. The van der Waals surface area contributed by atoms with Gasteiger partial charge in [-0.15, -0.1) is 34.4 Å². The summed E-state index contributed by atoms with van der Waals surface area (Å²) >= 11 is 4.77. The molecule has 0 spiro atoms. The van der Waals surface area contributed by atoms with Gasteiger partial charge in [-0.1, -0.05) is 0 Å². The number of benzene rings is 1. The molecular formula is C20H17N3O2S3. The number of H-pyrrole nitrogens is 1. The normalized spacial score (nSPS) is 11.1. The van der Waals surface area contributed by atoms with Gasteiger partial charge >= 0.3 is 0 Å². The fourth-order valence-corrected chi connectivity index (χ4v) is 5.50. The first kappa shape index (κ1) is 18.9. The highest BCUT2D eigenvalue weighted by Crippen LogP contribution is 2.35. The van der Waals surface area contributed by atoms with Gasteiger partial charge in [0, 0.05) is 38.2 Å². The molecule has 2 N–H and O–H groups in total. The highest BCUT2D eigenvalue weighted by molar-refractivity contribution is 7.98. The predicted octanol–water partition coefficient (Wildman–Crippen LogP) is 5.27. The Labute approximate surface area is 173 Å². The van der Waals surface area contributed by atoms with Crippen molar-refractivity contribution in [3.05, 3.63) is 62.8 Å². The van der Waals surface area contributed by atoms with E-state index in [9.17, 15) is 9.59 Å². The monoisotopic (exact) mass is 427 g/mol. The van der Waals surface area contributed by atoms with Crippen molar-refractivity contribution in [1.29, 1.82) is 0 Å². The van der Waals surface area contributed by atoms with Gasteiger partial charge in [-0.2, -0.15) is 0 Å². The van der Waals surface area contributed by atoms with Gasteiger partial charge in [0.2, 0.25) is 5.91 Å². The summed E-state index contributed by atoms with van der Waals surface area (Å²) in [5.74, 6) is 1.13. The zero-order valence-electron chi connectivity index (χ0n) is 15.2. The molecule has 0 aliphatic rings. The summed E-state index contributed by atoms with van der Waals surface area (Å²) in [6.07, 6.45) is 0. The van der Waals surface area contributed by atoms with E-state index in [1.807, 2.05) is 29.6 Å². The van der Waals surface area contributed by atoms with Gasteiger partial charge in [0.15, 0.2) is 0 Å². The molecule has 3 heterocycles. The number of aromatic nitrogens is 2. The number of carbonyl (C=O) groups is 1. The quantitative estimate of drug-likeness (QED) is 0.425. The number of nitrogens with one attached hydrogen (secondary N) is 2. The minimum Gasteiger partial charge on any atom is -0.326 e. The van der Waals surface area contributed by atoms with E-state index in [2.05, 4.69) is 34.3 Å². The summed E-state index contributed by atoms with van der Waals surface area (Å²) in [5, 5.41) is 5.42. The SMILES string of the molecule is CC(=O)Nc1ccc(SCc2nc3scc(-c4ccc(C)s4)c3c(=O)[nH]2)cc1. The number of thioether (sulfide) groups is 1. The first-order valence-electron chi connectivity index (χ1n) is 8.57. The Hall–Kier alpha value is -2.42. The maximum absolute atomic E-state index is 12.7. The Kier molecular flexibility index (Phi) is 5.34. The Morgan fingerprint density at radius 3 is 2.68 bits per heavy atom. The number of rotatable bonds is 5. The van der Waals surface area contributed by atoms with Crippen LogP contribution in [0.25, 0.3) is 20.7 Å². The van der Waals surface area contributed by atoms with Crippen LogP contribution in [0.5, 0.6) is 0 Å². The topological polar surface area (TPSA) is 74.8 Å². The molecule has 0 saturated heterocycles. The van der Waals surface area contributed by atoms with Crippen molar-refractivity contribution < 1.29 is 4.79 Å². The molecule has 0 bridgehead atoms. The van der Waals surface area contributed by atoms with E-state index in [0.717, 1.165) is 25.9 Å². The lowest BCUT2D eigenvalue weighted by atomic mass is 10.2. The van der Waals surface area contributed by atoms with Crippen molar-refractivity contribution in [3.63, 3.8) is 0 Å². The number of aryl methyl sites for hydroxylation is 1. The molecule has 5 nitrogen and oxygen atoms in total. The lowest BCUT2D eigenvalue weighted by molar-refractivity contribution is -0.114. The molecule has 8 heteroatoms. The lowest BCUT2D eigenvalue weighted by Gasteiger charge is -2.05. The highest BCUT2D eigenvalue weighted by atomic mass is 32.2. The number of aromatic amines is 1. The van der Waals surface area contributed by atoms with E-state index in [-0.39, 0.29) is 11.5 Å².